The molecule has 8 heteroatoms. The number of carbonyl (C=O) groups excluding carboxylic acids is 1. The van der Waals surface area contributed by atoms with Crippen molar-refractivity contribution in [3.63, 3.8) is 0 Å². The summed E-state index contributed by atoms with van der Waals surface area (Å²) in [7, 11) is -0.649. The molecule has 0 fully saturated rings. The lowest BCUT2D eigenvalue weighted by molar-refractivity contribution is 0.0520. The summed E-state index contributed by atoms with van der Waals surface area (Å²) in [5, 5.41) is 0. The molecule has 1 aliphatic heterocycles. The van der Waals surface area contributed by atoms with E-state index in [0.29, 0.717) is 35.8 Å². The van der Waals surface area contributed by atoms with E-state index in [9.17, 15) is 13.2 Å². The first-order chi connectivity index (χ1) is 13.2. The maximum atomic E-state index is 12.9. The Hall–Kier alpha value is -2.58. The highest BCUT2D eigenvalue weighted by molar-refractivity contribution is 7.89. The first-order valence-corrected chi connectivity index (χ1v) is 10.4. The molecule has 1 N–H and O–H groups in total. The molecule has 2 aromatic carbocycles. The van der Waals surface area contributed by atoms with Crippen molar-refractivity contribution >= 4 is 15.9 Å². The van der Waals surface area contributed by atoms with Gasteiger partial charge in [-0.2, -0.15) is 0 Å². The number of benzene rings is 2. The molecular formula is C20H24N2O5S. The second kappa shape index (κ2) is 7.81. The van der Waals surface area contributed by atoms with Crippen molar-refractivity contribution in [2.24, 2.45) is 0 Å². The number of amides is 1. The third-order valence-corrected chi connectivity index (χ3v) is 6.36. The van der Waals surface area contributed by atoms with Crippen molar-refractivity contribution in [1.29, 1.82) is 0 Å². The molecule has 2 aromatic rings. The van der Waals surface area contributed by atoms with Gasteiger partial charge in [0.1, 0.15) is 6.61 Å². The van der Waals surface area contributed by atoms with Crippen molar-refractivity contribution in [2.75, 3.05) is 27.2 Å². The Balaban J connectivity index is 1.79. The lowest BCUT2D eigenvalue weighted by Crippen LogP contribution is -2.41. The lowest BCUT2D eigenvalue weighted by Gasteiger charge is -2.29. The molecule has 7 nitrogen and oxygen atoms in total. The zero-order chi connectivity index (χ0) is 20.5. The van der Waals surface area contributed by atoms with E-state index in [1.54, 1.807) is 27.0 Å². The normalized spacial score (nSPS) is 15.9. The Kier molecular flexibility index (Phi) is 5.62. The predicted octanol–water partition coefficient (Wildman–Crippen LogP) is 2.12. The van der Waals surface area contributed by atoms with Gasteiger partial charge >= 0.3 is 0 Å². The van der Waals surface area contributed by atoms with Crippen LogP contribution in [-0.4, -0.2) is 52.6 Å². The van der Waals surface area contributed by atoms with Gasteiger partial charge in [0.05, 0.1) is 11.4 Å². The number of nitrogens with one attached hydrogen (secondary N) is 1. The molecule has 28 heavy (non-hydrogen) atoms. The van der Waals surface area contributed by atoms with Crippen LogP contribution in [0.1, 0.15) is 21.5 Å². The van der Waals surface area contributed by atoms with Crippen LogP contribution in [0.15, 0.2) is 41.3 Å². The fraction of sp³-hybridized carbons (Fsp3) is 0.350. The predicted molar refractivity (Wildman–Crippen MR) is 105 cm³/mol. The molecule has 0 aliphatic carbocycles. The van der Waals surface area contributed by atoms with Gasteiger partial charge in [0.15, 0.2) is 17.6 Å². The number of hydrogen-bond acceptors (Lipinski definition) is 5. The average Bonchev–Trinajstić information content (AvgIpc) is 2.69. The van der Waals surface area contributed by atoms with E-state index in [-0.39, 0.29) is 16.9 Å². The van der Waals surface area contributed by atoms with E-state index < -0.39 is 10.0 Å². The Bertz CT molecular complexity index is 1000. The molecule has 0 saturated carbocycles. The van der Waals surface area contributed by atoms with Crippen molar-refractivity contribution in [3.05, 3.63) is 53.1 Å². The van der Waals surface area contributed by atoms with Gasteiger partial charge in [-0.3, -0.25) is 4.79 Å². The molecule has 0 radical (unpaired) electrons. The minimum absolute atomic E-state index is 0.109. The van der Waals surface area contributed by atoms with Crippen LogP contribution in [-0.2, 0) is 10.0 Å². The molecule has 0 saturated heterocycles. The van der Waals surface area contributed by atoms with E-state index in [4.69, 9.17) is 9.47 Å². The maximum Gasteiger partial charge on any atom is 0.253 e. The van der Waals surface area contributed by atoms with Gasteiger partial charge in [-0.1, -0.05) is 12.1 Å². The zero-order valence-corrected chi connectivity index (χ0v) is 17.2. The van der Waals surface area contributed by atoms with Gasteiger partial charge < -0.3 is 14.4 Å². The smallest absolute Gasteiger partial charge is 0.253 e. The molecular weight excluding hydrogens is 380 g/mol. The Labute approximate surface area is 165 Å². The fourth-order valence-corrected chi connectivity index (χ4v) is 4.17. The second-order valence-corrected chi connectivity index (χ2v) is 8.66. The van der Waals surface area contributed by atoms with Crippen molar-refractivity contribution in [2.45, 2.75) is 24.8 Å². The van der Waals surface area contributed by atoms with Crippen molar-refractivity contribution in [3.8, 4) is 11.5 Å². The minimum atomic E-state index is -3.66. The number of likely N-dealkylation sites (N-methyl/N-ethyl adjacent to an activating group) is 1. The van der Waals surface area contributed by atoms with Crippen LogP contribution in [0, 0.1) is 13.8 Å². The third-order valence-electron chi connectivity index (χ3n) is 4.82. The highest BCUT2D eigenvalue weighted by Crippen LogP contribution is 2.31. The summed E-state index contributed by atoms with van der Waals surface area (Å²) in [6.45, 7) is 4.16. The Morgan fingerprint density at radius 2 is 1.89 bits per heavy atom. The summed E-state index contributed by atoms with van der Waals surface area (Å²) in [5.41, 5.74) is 1.67. The van der Waals surface area contributed by atoms with Gasteiger partial charge in [-0.25, -0.2) is 13.1 Å². The van der Waals surface area contributed by atoms with E-state index >= 15 is 0 Å². The summed E-state index contributed by atoms with van der Waals surface area (Å²) in [5.74, 6) is 1.05. The van der Waals surface area contributed by atoms with Crippen LogP contribution in [0.25, 0.3) is 0 Å². The minimum Gasteiger partial charge on any atom is -0.486 e. The number of carbonyl (C=O) groups is 1. The quantitative estimate of drug-likeness (QED) is 0.825. The summed E-state index contributed by atoms with van der Waals surface area (Å²) in [6, 6.07) is 10.5. The summed E-state index contributed by atoms with van der Waals surface area (Å²) in [4.78, 5) is 14.5. The molecule has 0 spiro atoms. The van der Waals surface area contributed by atoms with E-state index in [1.807, 2.05) is 24.3 Å². The number of fused-ring (bicyclic) bond motifs is 1. The topological polar surface area (TPSA) is 84.9 Å². The second-order valence-electron chi connectivity index (χ2n) is 6.81. The standard InChI is InChI=1S/C20H24N2O5S/c1-13-9-15(10-19(14(13)2)28(24,25)21-3)20(23)22(4)11-16-12-26-17-7-5-6-8-18(17)27-16/h5-10,16,21H,11-12H2,1-4H3. The SMILES string of the molecule is CNS(=O)(=O)c1cc(C(=O)N(C)CC2COc3ccccc3O2)cc(C)c1C. The highest BCUT2D eigenvalue weighted by Gasteiger charge is 2.25. The number of ether oxygens (including phenoxy) is 2. The first-order valence-electron chi connectivity index (χ1n) is 8.91. The Morgan fingerprint density at radius 1 is 1.21 bits per heavy atom. The molecule has 3 rings (SSSR count). The molecule has 1 amide bonds. The average molecular weight is 404 g/mol. The summed E-state index contributed by atoms with van der Waals surface area (Å²) >= 11 is 0. The number of hydrogen-bond donors (Lipinski definition) is 1. The van der Waals surface area contributed by atoms with Gasteiger partial charge in [-0.15, -0.1) is 0 Å². The van der Waals surface area contributed by atoms with Crippen LogP contribution < -0.4 is 14.2 Å². The Morgan fingerprint density at radius 3 is 2.57 bits per heavy atom. The monoisotopic (exact) mass is 404 g/mol. The van der Waals surface area contributed by atoms with Gasteiger partial charge in [0, 0.05) is 12.6 Å². The number of nitrogens with zero attached hydrogens (tertiary/aromatic N) is 1. The molecule has 0 aromatic heterocycles. The van der Waals surface area contributed by atoms with Crippen LogP contribution >= 0.6 is 0 Å². The van der Waals surface area contributed by atoms with Crippen LogP contribution in [0.4, 0.5) is 0 Å². The van der Waals surface area contributed by atoms with Gasteiger partial charge in [0.2, 0.25) is 10.0 Å². The van der Waals surface area contributed by atoms with Gasteiger partial charge in [-0.05, 0) is 56.3 Å². The zero-order valence-electron chi connectivity index (χ0n) is 16.4. The van der Waals surface area contributed by atoms with Crippen LogP contribution in [0.3, 0.4) is 0 Å². The van der Waals surface area contributed by atoms with Crippen LogP contribution in [0.5, 0.6) is 11.5 Å². The number of aryl methyl sites for hydroxylation is 1. The molecule has 1 atom stereocenters. The van der Waals surface area contributed by atoms with E-state index in [1.165, 1.54) is 18.0 Å². The summed E-state index contributed by atoms with van der Waals surface area (Å²) in [6.07, 6.45) is -0.309. The molecule has 0 bridgehead atoms. The summed E-state index contributed by atoms with van der Waals surface area (Å²) < 4.78 is 38.5. The van der Waals surface area contributed by atoms with Crippen LogP contribution in [0.2, 0.25) is 0 Å². The van der Waals surface area contributed by atoms with E-state index in [2.05, 4.69) is 4.72 Å². The lowest BCUT2D eigenvalue weighted by atomic mass is 10.1. The molecule has 1 heterocycles. The number of para-hydroxylation sites is 2. The van der Waals surface area contributed by atoms with Crippen molar-refractivity contribution < 1.29 is 22.7 Å². The largest absolute Gasteiger partial charge is 0.486 e. The highest BCUT2D eigenvalue weighted by atomic mass is 32.2. The maximum absolute atomic E-state index is 12.9. The molecule has 150 valence electrons. The first kappa shape index (κ1) is 20.2. The fourth-order valence-electron chi connectivity index (χ4n) is 3.10. The third kappa shape index (κ3) is 3.98. The molecule has 1 aliphatic rings. The van der Waals surface area contributed by atoms with Crippen molar-refractivity contribution in [1.82, 2.24) is 9.62 Å². The van der Waals surface area contributed by atoms with Gasteiger partial charge in [0.25, 0.3) is 5.91 Å². The van der Waals surface area contributed by atoms with E-state index in [0.717, 1.165) is 5.56 Å². The number of sulfonamides is 1. The molecule has 1 unspecified atom stereocenters. The number of rotatable bonds is 5.